The van der Waals surface area contributed by atoms with Gasteiger partial charge in [0, 0.05) is 12.6 Å². The molecule has 0 fully saturated rings. The maximum Gasteiger partial charge on any atom is 0.261 e. The highest BCUT2D eigenvalue weighted by atomic mass is 19.3. The van der Waals surface area contributed by atoms with Gasteiger partial charge >= 0.3 is 0 Å². The SMILES string of the molecule is NC(CCOCC(F)F)Cc1ccccc1. The van der Waals surface area contributed by atoms with Crippen LogP contribution in [0.5, 0.6) is 0 Å². The van der Waals surface area contributed by atoms with E-state index in [2.05, 4.69) is 0 Å². The summed E-state index contributed by atoms with van der Waals surface area (Å²) in [4.78, 5) is 0. The topological polar surface area (TPSA) is 35.2 Å². The molecule has 2 N–H and O–H groups in total. The van der Waals surface area contributed by atoms with E-state index in [1.165, 1.54) is 0 Å². The summed E-state index contributed by atoms with van der Waals surface area (Å²) in [7, 11) is 0. The third-order valence-electron chi connectivity index (χ3n) is 2.22. The molecule has 0 heterocycles. The van der Waals surface area contributed by atoms with E-state index < -0.39 is 13.0 Å². The molecule has 1 rings (SSSR count). The first-order chi connectivity index (χ1) is 7.68. The summed E-state index contributed by atoms with van der Waals surface area (Å²) in [6, 6.07) is 9.81. The fraction of sp³-hybridized carbons (Fsp3) is 0.500. The van der Waals surface area contributed by atoms with Crippen LogP contribution in [-0.4, -0.2) is 25.7 Å². The fourth-order valence-corrected chi connectivity index (χ4v) is 1.43. The van der Waals surface area contributed by atoms with Gasteiger partial charge in [-0.1, -0.05) is 30.3 Å². The molecule has 0 saturated carbocycles. The average Bonchev–Trinajstić information content (AvgIpc) is 2.25. The lowest BCUT2D eigenvalue weighted by Gasteiger charge is -2.11. The minimum absolute atomic E-state index is 0.0416. The third kappa shape index (κ3) is 5.78. The highest BCUT2D eigenvalue weighted by Crippen LogP contribution is 2.04. The summed E-state index contributed by atoms with van der Waals surface area (Å²) in [5.74, 6) is 0. The van der Waals surface area contributed by atoms with Gasteiger partial charge in [-0.3, -0.25) is 0 Å². The van der Waals surface area contributed by atoms with Gasteiger partial charge in [-0.2, -0.15) is 0 Å². The normalized spacial score (nSPS) is 13.0. The zero-order valence-electron chi connectivity index (χ0n) is 9.11. The number of ether oxygens (including phenoxy) is 1. The molecule has 1 aromatic carbocycles. The third-order valence-corrected chi connectivity index (χ3v) is 2.22. The van der Waals surface area contributed by atoms with Crippen molar-refractivity contribution < 1.29 is 13.5 Å². The Kier molecular flexibility index (Phi) is 5.96. The van der Waals surface area contributed by atoms with E-state index in [4.69, 9.17) is 10.5 Å². The van der Waals surface area contributed by atoms with Crippen molar-refractivity contribution in [2.24, 2.45) is 5.73 Å². The highest BCUT2D eigenvalue weighted by Gasteiger charge is 2.05. The van der Waals surface area contributed by atoms with Crippen molar-refractivity contribution >= 4 is 0 Å². The van der Waals surface area contributed by atoms with Gasteiger partial charge in [0.05, 0.1) is 0 Å². The Morgan fingerprint density at radius 1 is 1.19 bits per heavy atom. The van der Waals surface area contributed by atoms with Crippen molar-refractivity contribution in [1.82, 2.24) is 0 Å². The molecule has 0 radical (unpaired) electrons. The van der Waals surface area contributed by atoms with E-state index in [0.29, 0.717) is 13.0 Å². The number of alkyl halides is 2. The lowest BCUT2D eigenvalue weighted by atomic mass is 10.0. The van der Waals surface area contributed by atoms with Crippen molar-refractivity contribution in [3.05, 3.63) is 35.9 Å². The van der Waals surface area contributed by atoms with Crippen LogP contribution in [-0.2, 0) is 11.2 Å². The molecule has 4 heteroatoms. The second-order valence-corrected chi connectivity index (χ2v) is 3.70. The first-order valence-electron chi connectivity index (χ1n) is 5.34. The maximum atomic E-state index is 11.7. The Morgan fingerprint density at radius 3 is 2.50 bits per heavy atom. The Bertz CT molecular complexity index is 280. The molecular formula is C12H17F2NO. The Morgan fingerprint density at radius 2 is 1.88 bits per heavy atom. The van der Waals surface area contributed by atoms with E-state index in [1.54, 1.807) is 0 Å². The minimum Gasteiger partial charge on any atom is -0.375 e. The Labute approximate surface area is 94.4 Å². The fourth-order valence-electron chi connectivity index (χ4n) is 1.43. The predicted octanol–water partition coefficient (Wildman–Crippen LogP) is 2.23. The van der Waals surface area contributed by atoms with Gasteiger partial charge in [0.1, 0.15) is 6.61 Å². The molecule has 2 nitrogen and oxygen atoms in total. The van der Waals surface area contributed by atoms with Crippen LogP contribution in [0.2, 0.25) is 0 Å². The van der Waals surface area contributed by atoms with Crippen LogP contribution in [0.1, 0.15) is 12.0 Å². The summed E-state index contributed by atoms with van der Waals surface area (Å²) in [6.07, 6.45) is -1.05. The van der Waals surface area contributed by atoms with Gasteiger partial charge < -0.3 is 10.5 Å². The van der Waals surface area contributed by atoms with Gasteiger partial charge in [-0.15, -0.1) is 0 Å². The quantitative estimate of drug-likeness (QED) is 0.728. The first kappa shape index (κ1) is 13.1. The van der Waals surface area contributed by atoms with Gasteiger partial charge in [0.25, 0.3) is 6.43 Å². The van der Waals surface area contributed by atoms with Crippen LogP contribution in [0.3, 0.4) is 0 Å². The molecule has 0 aliphatic carbocycles. The van der Waals surface area contributed by atoms with Crippen LogP contribution in [0.15, 0.2) is 30.3 Å². The molecule has 1 aromatic rings. The highest BCUT2D eigenvalue weighted by molar-refractivity contribution is 5.15. The van der Waals surface area contributed by atoms with Gasteiger partial charge in [-0.25, -0.2) is 8.78 Å². The zero-order chi connectivity index (χ0) is 11.8. The molecule has 0 amide bonds. The molecule has 0 aliphatic heterocycles. The number of hydrogen-bond acceptors (Lipinski definition) is 2. The summed E-state index contributed by atoms with van der Waals surface area (Å²) < 4.78 is 28.3. The molecule has 16 heavy (non-hydrogen) atoms. The lowest BCUT2D eigenvalue weighted by Crippen LogP contribution is -2.25. The smallest absolute Gasteiger partial charge is 0.261 e. The van der Waals surface area contributed by atoms with Gasteiger partial charge in [0.15, 0.2) is 0 Å². The van der Waals surface area contributed by atoms with Crippen molar-refractivity contribution in [2.75, 3.05) is 13.2 Å². The van der Waals surface area contributed by atoms with Crippen LogP contribution in [0.25, 0.3) is 0 Å². The van der Waals surface area contributed by atoms with Crippen LogP contribution in [0.4, 0.5) is 8.78 Å². The standard InChI is InChI=1S/C12H17F2NO/c13-12(14)9-16-7-6-11(15)8-10-4-2-1-3-5-10/h1-5,11-12H,6-9,15H2. The second kappa shape index (κ2) is 7.30. The summed E-state index contributed by atoms with van der Waals surface area (Å²) in [5.41, 5.74) is 7.01. The molecule has 1 unspecified atom stereocenters. The molecule has 90 valence electrons. The Balaban J connectivity index is 2.14. The minimum atomic E-state index is -2.40. The lowest BCUT2D eigenvalue weighted by molar-refractivity contribution is 0.0153. The van der Waals surface area contributed by atoms with Crippen LogP contribution < -0.4 is 5.73 Å². The Hall–Kier alpha value is -1.00. The predicted molar refractivity (Wildman–Crippen MR) is 59.6 cm³/mol. The first-order valence-corrected chi connectivity index (χ1v) is 5.34. The summed E-state index contributed by atoms with van der Waals surface area (Å²) in [5, 5.41) is 0. The van der Waals surface area contributed by atoms with Gasteiger partial charge in [0.2, 0.25) is 0 Å². The van der Waals surface area contributed by atoms with Crippen LogP contribution in [0, 0.1) is 0 Å². The second-order valence-electron chi connectivity index (χ2n) is 3.70. The average molecular weight is 229 g/mol. The van der Waals surface area contributed by atoms with Crippen molar-refractivity contribution in [3.63, 3.8) is 0 Å². The number of nitrogens with two attached hydrogens (primary N) is 1. The monoisotopic (exact) mass is 229 g/mol. The molecule has 0 bridgehead atoms. The molecular weight excluding hydrogens is 212 g/mol. The number of rotatable bonds is 7. The molecule has 0 saturated heterocycles. The number of hydrogen-bond donors (Lipinski definition) is 1. The molecule has 0 spiro atoms. The summed E-state index contributed by atoms with van der Waals surface area (Å²) >= 11 is 0. The molecule has 0 aliphatic rings. The largest absolute Gasteiger partial charge is 0.375 e. The zero-order valence-corrected chi connectivity index (χ0v) is 9.11. The van der Waals surface area contributed by atoms with Crippen molar-refractivity contribution in [1.29, 1.82) is 0 Å². The molecule has 1 atom stereocenters. The number of benzene rings is 1. The number of halogens is 2. The van der Waals surface area contributed by atoms with E-state index >= 15 is 0 Å². The molecule has 0 aromatic heterocycles. The maximum absolute atomic E-state index is 11.7. The van der Waals surface area contributed by atoms with Crippen LogP contribution >= 0.6 is 0 Å². The van der Waals surface area contributed by atoms with Gasteiger partial charge in [-0.05, 0) is 18.4 Å². The van der Waals surface area contributed by atoms with Crippen molar-refractivity contribution in [3.8, 4) is 0 Å². The van der Waals surface area contributed by atoms with E-state index in [0.717, 1.165) is 12.0 Å². The van der Waals surface area contributed by atoms with E-state index in [1.807, 2.05) is 30.3 Å². The van der Waals surface area contributed by atoms with Crippen molar-refractivity contribution in [2.45, 2.75) is 25.3 Å². The van der Waals surface area contributed by atoms with E-state index in [9.17, 15) is 8.78 Å². The summed E-state index contributed by atoms with van der Waals surface area (Å²) in [6.45, 7) is -0.212. The van der Waals surface area contributed by atoms with E-state index in [-0.39, 0.29) is 6.04 Å².